The molecule has 13 nitrogen and oxygen atoms in total. The highest BCUT2D eigenvalue weighted by molar-refractivity contribution is 6.23. The molecule has 1 saturated carbocycles. The summed E-state index contributed by atoms with van der Waals surface area (Å²) in [5.41, 5.74) is 4.60. The van der Waals surface area contributed by atoms with Crippen LogP contribution in [0.3, 0.4) is 0 Å². The Kier molecular flexibility index (Phi) is 8.69. The zero-order valence-electron chi connectivity index (χ0n) is 29.1. The minimum atomic E-state index is -0.988. The third kappa shape index (κ3) is 6.73. The summed E-state index contributed by atoms with van der Waals surface area (Å²) >= 11 is 0. The summed E-state index contributed by atoms with van der Waals surface area (Å²) in [4.78, 5) is 55.6. The highest BCUT2D eigenvalue weighted by Crippen LogP contribution is 2.36. The van der Waals surface area contributed by atoms with Crippen molar-refractivity contribution in [1.82, 2.24) is 25.4 Å². The molecule has 1 aliphatic carbocycles. The Morgan fingerprint density at radius 3 is 2.30 bits per heavy atom. The number of benzene rings is 3. The van der Waals surface area contributed by atoms with Gasteiger partial charge in [-0.1, -0.05) is 44.2 Å². The smallest absolute Gasteiger partial charge is 0.266 e. The molecule has 2 aliphatic heterocycles. The van der Waals surface area contributed by atoms with Crippen LogP contribution in [0.1, 0.15) is 77.1 Å². The number of aromatic nitrogens is 3. The topological polar surface area (TPSA) is 166 Å². The first-order valence-electron chi connectivity index (χ1n) is 17.5. The fraction of sp³-hybridized carbons (Fsp3) is 0.275. The molecule has 3 aliphatic rings. The van der Waals surface area contributed by atoms with Crippen LogP contribution in [0, 0.1) is 0 Å². The SMILES string of the molecule is CC(C)(c1ccc(OCc2cccc(-c3nnco3)n2)cc1)c1ccc(OC2CC(Nc3ccc4c(c3)C(=O)N(C3CCC(=O)NC3=O)C4=O)C2)cc1. The predicted molar refractivity (Wildman–Crippen MR) is 191 cm³/mol. The summed E-state index contributed by atoms with van der Waals surface area (Å²) in [5, 5.41) is 13.3. The van der Waals surface area contributed by atoms with Gasteiger partial charge >= 0.3 is 0 Å². The van der Waals surface area contributed by atoms with Crippen LogP contribution in [0.15, 0.2) is 95.7 Å². The average Bonchev–Trinajstić information content (AvgIpc) is 3.77. The minimum absolute atomic E-state index is 0.0380. The largest absolute Gasteiger partial charge is 0.490 e. The van der Waals surface area contributed by atoms with Gasteiger partial charge in [-0.25, -0.2) is 4.98 Å². The number of imide groups is 2. The van der Waals surface area contributed by atoms with E-state index in [1.54, 1.807) is 18.2 Å². The zero-order chi connectivity index (χ0) is 36.7. The lowest BCUT2D eigenvalue weighted by Gasteiger charge is -2.36. The molecule has 0 bridgehead atoms. The molecule has 268 valence electrons. The van der Waals surface area contributed by atoms with Gasteiger partial charge in [0.05, 0.1) is 16.8 Å². The van der Waals surface area contributed by atoms with E-state index >= 15 is 0 Å². The van der Waals surface area contributed by atoms with E-state index in [0.717, 1.165) is 46.1 Å². The summed E-state index contributed by atoms with van der Waals surface area (Å²) in [5.74, 6) is -0.174. The van der Waals surface area contributed by atoms with Crippen molar-refractivity contribution in [2.24, 2.45) is 0 Å². The first kappa shape index (κ1) is 33.8. The number of rotatable bonds is 11. The van der Waals surface area contributed by atoms with Crippen molar-refractivity contribution in [2.45, 2.75) is 69.7 Å². The third-order valence-electron chi connectivity index (χ3n) is 10.1. The van der Waals surface area contributed by atoms with Crippen LogP contribution in [0.5, 0.6) is 11.5 Å². The molecule has 0 radical (unpaired) electrons. The molecule has 4 heterocycles. The Hall–Kier alpha value is -6.37. The Labute approximate surface area is 304 Å². The number of nitrogens with zero attached hydrogens (tertiary/aromatic N) is 4. The second-order valence-electron chi connectivity index (χ2n) is 14.0. The maximum absolute atomic E-state index is 13.2. The van der Waals surface area contributed by atoms with Crippen molar-refractivity contribution in [3.8, 4) is 23.1 Å². The lowest BCUT2D eigenvalue weighted by Crippen LogP contribution is -2.54. The highest BCUT2D eigenvalue weighted by Gasteiger charge is 2.45. The standard InChI is InChI=1S/C40H36N6O7/c1-40(2,23-6-11-28(12-7-23)51-21-26-4-3-5-33(43-26)37-45-41-22-52-37)24-8-13-29(14-9-24)53-30-18-27(19-30)42-25-10-15-31-32(20-25)39(50)46(38(31)49)34-16-17-35(47)44-36(34)48/h3-15,20,22,27,30,34,42H,16-19,21H2,1-2H3,(H,44,47,48). The van der Waals surface area contributed by atoms with Crippen LogP contribution >= 0.6 is 0 Å². The van der Waals surface area contributed by atoms with Crippen molar-refractivity contribution in [3.63, 3.8) is 0 Å². The molecule has 2 aromatic heterocycles. The summed E-state index contributed by atoms with van der Waals surface area (Å²) in [6.07, 6.45) is 3.06. The number of pyridine rings is 1. The lowest BCUT2D eigenvalue weighted by atomic mass is 9.78. The molecule has 0 spiro atoms. The quantitative estimate of drug-likeness (QED) is 0.167. The highest BCUT2D eigenvalue weighted by atomic mass is 16.5. The molecule has 13 heteroatoms. The second-order valence-corrected chi connectivity index (χ2v) is 14.0. The summed E-state index contributed by atoms with van der Waals surface area (Å²) < 4.78 is 17.5. The van der Waals surface area contributed by atoms with Crippen LogP contribution in [-0.4, -0.2) is 61.9 Å². The second kappa shape index (κ2) is 13.6. The number of amides is 4. The van der Waals surface area contributed by atoms with Crippen LogP contribution in [-0.2, 0) is 21.6 Å². The van der Waals surface area contributed by atoms with E-state index < -0.39 is 29.7 Å². The van der Waals surface area contributed by atoms with Gasteiger partial charge in [-0.05, 0) is 72.1 Å². The molecule has 1 saturated heterocycles. The molecular formula is C40H36N6O7. The van der Waals surface area contributed by atoms with Crippen LogP contribution in [0.25, 0.3) is 11.6 Å². The Balaban J connectivity index is 0.823. The molecule has 1 atom stereocenters. The van der Waals surface area contributed by atoms with Crippen molar-refractivity contribution in [1.29, 1.82) is 0 Å². The number of piperidine rings is 1. The number of hydrogen-bond donors (Lipinski definition) is 2. The number of ether oxygens (including phenoxy) is 2. The first-order chi connectivity index (χ1) is 25.6. The molecule has 4 amide bonds. The third-order valence-corrected chi connectivity index (χ3v) is 10.1. The van der Waals surface area contributed by atoms with E-state index in [9.17, 15) is 19.2 Å². The van der Waals surface area contributed by atoms with E-state index in [0.29, 0.717) is 23.9 Å². The van der Waals surface area contributed by atoms with E-state index in [1.165, 1.54) is 6.39 Å². The molecular weight excluding hydrogens is 676 g/mol. The van der Waals surface area contributed by atoms with Gasteiger partial charge in [0.2, 0.25) is 18.2 Å². The van der Waals surface area contributed by atoms with E-state index in [-0.39, 0.29) is 41.5 Å². The Morgan fingerprint density at radius 1 is 0.887 bits per heavy atom. The normalized spacial score (nSPS) is 19.7. The number of hydrogen-bond acceptors (Lipinski definition) is 11. The number of anilines is 1. The summed E-state index contributed by atoms with van der Waals surface area (Å²) in [6.45, 7) is 4.67. The van der Waals surface area contributed by atoms with Crippen molar-refractivity contribution in [3.05, 3.63) is 119 Å². The van der Waals surface area contributed by atoms with Crippen molar-refractivity contribution < 1.29 is 33.1 Å². The van der Waals surface area contributed by atoms with Gasteiger partial charge in [0.25, 0.3) is 17.7 Å². The summed E-state index contributed by atoms with van der Waals surface area (Å²) in [6, 6.07) is 26.0. The number of fused-ring (bicyclic) bond motifs is 1. The molecule has 2 fully saturated rings. The van der Waals surface area contributed by atoms with Gasteiger partial charge in [-0.15, -0.1) is 10.2 Å². The van der Waals surface area contributed by atoms with E-state index in [1.807, 2.05) is 42.5 Å². The van der Waals surface area contributed by atoms with Gasteiger partial charge in [0.15, 0.2) is 0 Å². The van der Waals surface area contributed by atoms with Crippen LogP contribution < -0.4 is 20.1 Å². The first-order valence-corrected chi connectivity index (χ1v) is 17.5. The zero-order valence-corrected chi connectivity index (χ0v) is 29.1. The van der Waals surface area contributed by atoms with Gasteiger partial charge in [0.1, 0.15) is 35.9 Å². The van der Waals surface area contributed by atoms with Gasteiger partial charge < -0.3 is 19.2 Å². The minimum Gasteiger partial charge on any atom is -0.490 e. The maximum atomic E-state index is 13.2. The molecule has 2 N–H and O–H groups in total. The predicted octanol–water partition coefficient (Wildman–Crippen LogP) is 5.46. The molecule has 5 aromatic rings. The molecule has 1 unspecified atom stereocenters. The van der Waals surface area contributed by atoms with Crippen LogP contribution in [0.4, 0.5) is 5.69 Å². The monoisotopic (exact) mass is 712 g/mol. The molecule has 53 heavy (non-hydrogen) atoms. The lowest BCUT2D eigenvalue weighted by molar-refractivity contribution is -0.136. The fourth-order valence-electron chi connectivity index (χ4n) is 6.97. The van der Waals surface area contributed by atoms with Gasteiger partial charge in [-0.3, -0.25) is 29.4 Å². The van der Waals surface area contributed by atoms with E-state index in [2.05, 4.69) is 63.9 Å². The Morgan fingerprint density at radius 2 is 1.60 bits per heavy atom. The number of nitrogens with one attached hydrogen (secondary N) is 2. The summed E-state index contributed by atoms with van der Waals surface area (Å²) in [7, 11) is 0. The molecule has 8 rings (SSSR count). The average molecular weight is 713 g/mol. The number of carbonyl (C=O) groups excluding carboxylic acids is 4. The fourth-order valence-corrected chi connectivity index (χ4v) is 6.97. The van der Waals surface area contributed by atoms with Crippen LogP contribution in [0.2, 0.25) is 0 Å². The number of carbonyl (C=O) groups is 4. The van der Waals surface area contributed by atoms with Gasteiger partial charge in [0, 0.05) is 36.4 Å². The maximum Gasteiger partial charge on any atom is 0.266 e. The van der Waals surface area contributed by atoms with Crippen molar-refractivity contribution >= 4 is 29.3 Å². The van der Waals surface area contributed by atoms with Crippen molar-refractivity contribution in [2.75, 3.05) is 5.32 Å². The van der Waals surface area contributed by atoms with Gasteiger partial charge in [-0.2, -0.15) is 0 Å². The molecule has 3 aromatic carbocycles. The Bertz CT molecular complexity index is 2200. The van der Waals surface area contributed by atoms with E-state index in [4.69, 9.17) is 13.9 Å².